The molecule has 3 rings (SSSR count). The van der Waals surface area contributed by atoms with Gasteiger partial charge in [0.25, 0.3) is 0 Å². The second kappa shape index (κ2) is 8.17. The van der Waals surface area contributed by atoms with E-state index in [2.05, 4.69) is 15.5 Å². The maximum absolute atomic E-state index is 13.3. The Labute approximate surface area is 162 Å². The highest BCUT2D eigenvalue weighted by atomic mass is 35.5. The van der Waals surface area contributed by atoms with E-state index in [1.54, 1.807) is 10.9 Å². The van der Waals surface area contributed by atoms with Crippen LogP contribution in [0.3, 0.4) is 0 Å². The Morgan fingerprint density at radius 3 is 2.56 bits per heavy atom. The fourth-order valence-electron chi connectivity index (χ4n) is 2.57. The van der Waals surface area contributed by atoms with Gasteiger partial charge >= 0.3 is 0 Å². The smallest absolute Gasteiger partial charge is 0.124 e. The van der Waals surface area contributed by atoms with Crippen LogP contribution in [0.4, 0.5) is 4.39 Å². The monoisotopic (exact) mass is 388 g/mol. The molecule has 0 fully saturated rings. The van der Waals surface area contributed by atoms with Crippen molar-refractivity contribution in [3.05, 3.63) is 70.6 Å². The summed E-state index contributed by atoms with van der Waals surface area (Å²) in [5.41, 5.74) is 2.78. The summed E-state index contributed by atoms with van der Waals surface area (Å²) in [6, 6.07) is 14.1. The summed E-state index contributed by atoms with van der Waals surface area (Å²) < 4.78 is 13.3. The quantitative estimate of drug-likeness (QED) is 0.648. The van der Waals surface area contributed by atoms with Crippen LogP contribution >= 0.6 is 11.6 Å². The molecular formula is C20H22ClFN4O. The highest BCUT2D eigenvalue weighted by molar-refractivity contribution is 6.31. The fourth-order valence-corrected chi connectivity index (χ4v) is 2.80. The second-order valence-electron chi connectivity index (χ2n) is 7.02. The molecule has 0 aliphatic heterocycles. The van der Waals surface area contributed by atoms with E-state index < -0.39 is 5.54 Å². The van der Waals surface area contributed by atoms with Crippen LogP contribution in [-0.4, -0.2) is 32.2 Å². The average Bonchev–Trinajstić information content (AvgIpc) is 3.06. The number of benzene rings is 2. The van der Waals surface area contributed by atoms with Gasteiger partial charge in [-0.25, -0.2) is 4.39 Å². The van der Waals surface area contributed by atoms with Gasteiger partial charge in [0, 0.05) is 22.7 Å². The molecule has 5 nitrogen and oxygen atoms in total. The third kappa shape index (κ3) is 4.91. The van der Waals surface area contributed by atoms with Crippen LogP contribution < -0.4 is 5.32 Å². The lowest BCUT2D eigenvalue weighted by molar-refractivity contribution is 0.187. The first-order chi connectivity index (χ1) is 12.9. The van der Waals surface area contributed by atoms with Crippen molar-refractivity contribution in [3.8, 4) is 11.3 Å². The van der Waals surface area contributed by atoms with Crippen molar-refractivity contribution < 1.29 is 9.50 Å². The minimum absolute atomic E-state index is 0.00694. The minimum atomic E-state index is -0.433. The Hall–Kier alpha value is -2.28. The number of halogens is 2. The summed E-state index contributed by atoms with van der Waals surface area (Å²) >= 11 is 6.13. The molecule has 7 heteroatoms. The summed E-state index contributed by atoms with van der Waals surface area (Å²) in [6.07, 6.45) is 0. The molecule has 1 heterocycles. The van der Waals surface area contributed by atoms with Crippen molar-refractivity contribution in [3.63, 3.8) is 0 Å². The first-order valence-electron chi connectivity index (χ1n) is 8.67. The molecule has 0 atom stereocenters. The lowest BCUT2D eigenvalue weighted by Gasteiger charge is -2.23. The van der Waals surface area contributed by atoms with Crippen molar-refractivity contribution >= 4 is 11.6 Å². The Balaban J connectivity index is 1.91. The maximum atomic E-state index is 13.3. The van der Waals surface area contributed by atoms with Crippen molar-refractivity contribution in [1.29, 1.82) is 0 Å². The molecule has 0 spiro atoms. The number of aromatic nitrogens is 3. The molecule has 0 aliphatic rings. The predicted octanol–water partition coefficient (Wildman–Crippen LogP) is 3.65. The van der Waals surface area contributed by atoms with Crippen molar-refractivity contribution in [2.24, 2.45) is 0 Å². The van der Waals surface area contributed by atoms with Crippen molar-refractivity contribution in [2.75, 3.05) is 6.61 Å². The number of aliphatic hydroxyl groups is 1. The van der Waals surface area contributed by atoms with E-state index >= 15 is 0 Å². The molecule has 0 unspecified atom stereocenters. The SMILES string of the molecule is CC(C)(CO)NCc1nn(Cc2ccc(F)cc2Cl)nc1-c1ccccc1. The van der Waals surface area contributed by atoms with E-state index in [4.69, 9.17) is 11.6 Å². The van der Waals surface area contributed by atoms with Gasteiger partial charge in [0.15, 0.2) is 0 Å². The minimum Gasteiger partial charge on any atom is -0.394 e. The van der Waals surface area contributed by atoms with Gasteiger partial charge in [0.2, 0.25) is 0 Å². The van der Waals surface area contributed by atoms with Crippen molar-refractivity contribution in [2.45, 2.75) is 32.5 Å². The maximum Gasteiger partial charge on any atom is 0.124 e. The molecule has 3 aromatic rings. The highest BCUT2D eigenvalue weighted by Gasteiger charge is 2.19. The van der Waals surface area contributed by atoms with Crippen molar-refractivity contribution in [1.82, 2.24) is 20.3 Å². The molecule has 142 valence electrons. The predicted molar refractivity (Wildman–Crippen MR) is 104 cm³/mol. The Bertz CT molecular complexity index is 912. The molecule has 1 aromatic heterocycles. The number of nitrogens with one attached hydrogen (secondary N) is 1. The molecule has 0 radical (unpaired) electrons. The topological polar surface area (TPSA) is 63.0 Å². The van der Waals surface area contributed by atoms with E-state index in [9.17, 15) is 9.50 Å². The Kier molecular flexibility index (Phi) is 5.89. The molecule has 0 amide bonds. The van der Waals surface area contributed by atoms with Crippen LogP contribution in [0.25, 0.3) is 11.3 Å². The first kappa shape index (κ1) is 19.5. The van der Waals surface area contributed by atoms with Gasteiger partial charge in [-0.1, -0.05) is 48.0 Å². The zero-order valence-electron chi connectivity index (χ0n) is 15.3. The van der Waals surface area contributed by atoms with E-state index in [0.717, 1.165) is 22.5 Å². The van der Waals surface area contributed by atoms with Gasteiger partial charge in [0.1, 0.15) is 17.2 Å². The van der Waals surface area contributed by atoms with Gasteiger partial charge < -0.3 is 10.4 Å². The normalized spacial score (nSPS) is 11.7. The van der Waals surface area contributed by atoms with Gasteiger partial charge in [-0.3, -0.25) is 0 Å². The van der Waals surface area contributed by atoms with E-state index in [-0.39, 0.29) is 12.4 Å². The second-order valence-corrected chi connectivity index (χ2v) is 7.43. The summed E-state index contributed by atoms with van der Waals surface area (Å²) in [6.45, 7) is 4.63. The number of aliphatic hydroxyl groups excluding tert-OH is 1. The van der Waals surface area contributed by atoms with Gasteiger partial charge in [-0.2, -0.15) is 15.0 Å². The standard InChI is InChI=1S/C20H22ClFN4O/c1-20(2,13-27)23-11-18-19(14-6-4-3-5-7-14)25-26(24-18)12-15-8-9-16(22)10-17(15)21/h3-10,23,27H,11-13H2,1-2H3. The third-order valence-corrected chi connectivity index (χ3v) is 4.58. The lowest BCUT2D eigenvalue weighted by Crippen LogP contribution is -2.42. The molecule has 0 aliphatic carbocycles. The zero-order chi connectivity index (χ0) is 19.4. The number of rotatable bonds is 7. The third-order valence-electron chi connectivity index (χ3n) is 4.23. The van der Waals surface area contributed by atoms with E-state index in [0.29, 0.717) is 18.1 Å². The molecule has 2 N–H and O–H groups in total. The highest BCUT2D eigenvalue weighted by Crippen LogP contribution is 2.22. The Morgan fingerprint density at radius 1 is 1.15 bits per heavy atom. The molecule has 0 saturated heterocycles. The molecule has 27 heavy (non-hydrogen) atoms. The molecule has 0 bridgehead atoms. The summed E-state index contributed by atoms with van der Waals surface area (Å²) in [5, 5.41) is 22.3. The molecule has 2 aromatic carbocycles. The average molecular weight is 389 g/mol. The lowest BCUT2D eigenvalue weighted by atomic mass is 10.1. The number of hydrogen-bond acceptors (Lipinski definition) is 4. The summed E-state index contributed by atoms with van der Waals surface area (Å²) in [4.78, 5) is 1.56. The van der Waals surface area contributed by atoms with Gasteiger partial charge in [0.05, 0.1) is 13.2 Å². The number of nitrogens with zero attached hydrogens (tertiary/aromatic N) is 3. The Morgan fingerprint density at radius 2 is 1.89 bits per heavy atom. The van der Waals surface area contributed by atoms with Crippen LogP contribution in [0.2, 0.25) is 5.02 Å². The summed E-state index contributed by atoms with van der Waals surface area (Å²) in [5.74, 6) is -0.377. The van der Waals surface area contributed by atoms with Crippen LogP contribution in [-0.2, 0) is 13.1 Å². The van der Waals surface area contributed by atoms with E-state index in [1.165, 1.54) is 12.1 Å². The van der Waals surface area contributed by atoms with Crippen LogP contribution in [0, 0.1) is 5.82 Å². The van der Waals surface area contributed by atoms with Crippen LogP contribution in [0.15, 0.2) is 48.5 Å². The summed E-state index contributed by atoms with van der Waals surface area (Å²) in [7, 11) is 0. The van der Waals surface area contributed by atoms with Crippen LogP contribution in [0.1, 0.15) is 25.1 Å². The van der Waals surface area contributed by atoms with Gasteiger partial charge in [-0.15, -0.1) is 0 Å². The largest absolute Gasteiger partial charge is 0.394 e. The van der Waals surface area contributed by atoms with Crippen LogP contribution in [0.5, 0.6) is 0 Å². The first-order valence-corrected chi connectivity index (χ1v) is 9.05. The fraction of sp³-hybridized carbons (Fsp3) is 0.300. The van der Waals surface area contributed by atoms with Gasteiger partial charge in [-0.05, 0) is 31.5 Å². The van der Waals surface area contributed by atoms with E-state index in [1.807, 2.05) is 44.2 Å². The number of hydrogen-bond donors (Lipinski definition) is 2. The molecule has 0 saturated carbocycles. The molecular weight excluding hydrogens is 367 g/mol. The zero-order valence-corrected chi connectivity index (χ0v) is 16.0.